The minimum Gasteiger partial charge on any atom is -0.493 e. The van der Waals surface area contributed by atoms with Gasteiger partial charge in [-0.2, -0.15) is 0 Å². The van der Waals surface area contributed by atoms with Crippen LogP contribution in [-0.2, 0) is 24.2 Å². The van der Waals surface area contributed by atoms with E-state index in [1.165, 1.54) is 11.1 Å². The molecule has 0 bridgehead atoms. The van der Waals surface area contributed by atoms with E-state index in [1.807, 2.05) is 30.3 Å². The predicted octanol–water partition coefficient (Wildman–Crippen LogP) is 6.87. The molecule has 0 fully saturated rings. The molecule has 3 aromatic carbocycles. The maximum atomic E-state index is 11.2. The van der Waals surface area contributed by atoms with Crippen LogP contribution >= 0.6 is 0 Å². The van der Waals surface area contributed by atoms with Crippen molar-refractivity contribution < 1.29 is 24.5 Å². The van der Waals surface area contributed by atoms with Crippen LogP contribution in [-0.4, -0.2) is 46.7 Å². The first-order valence-electron chi connectivity index (χ1n) is 14.0. The largest absolute Gasteiger partial charge is 0.493 e. The average molecular weight is 532 g/mol. The molecule has 0 aliphatic carbocycles. The van der Waals surface area contributed by atoms with Crippen LogP contribution in [0.3, 0.4) is 0 Å². The molecule has 2 N–H and O–H groups in total. The van der Waals surface area contributed by atoms with Crippen LogP contribution in [0, 0.1) is 0 Å². The van der Waals surface area contributed by atoms with Crippen molar-refractivity contribution >= 4 is 11.9 Å². The molecule has 0 spiro atoms. The van der Waals surface area contributed by atoms with Gasteiger partial charge in [0, 0.05) is 19.5 Å². The number of carbonyl (C=O) groups is 2. The third-order valence-corrected chi connectivity index (χ3v) is 6.85. The van der Waals surface area contributed by atoms with Gasteiger partial charge in [0.25, 0.3) is 0 Å². The first-order chi connectivity index (χ1) is 19.0. The Morgan fingerprint density at radius 1 is 0.667 bits per heavy atom. The highest BCUT2D eigenvalue weighted by Gasteiger charge is 2.11. The van der Waals surface area contributed by atoms with Crippen molar-refractivity contribution in [3.05, 3.63) is 101 Å². The van der Waals surface area contributed by atoms with Gasteiger partial charge in [0.1, 0.15) is 5.75 Å². The third kappa shape index (κ3) is 11.7. The summed E-state index contributed by atoms with van der Waals surface area (Å²) >= 11 is 0. The number of hydrogen-bond donors (Lipinski definition) is 2. The zero-order chi connectivity index (χ0) is 27.7. The lowest BCUT2D eigenvalue weighted by Gasteiger charge is -2.23. The molecule has 3 rings (SSSR count). The van der Waals surface area contributed by atoms with E-state index < -0.39 is 11.9 Å². The van der Waals surface area contributed by atoms with Gasteiger partial charge in [0.15, 0.2) is 0 Å². The number of benzene rings is 3. The summed E-state index contributed by atoms with van der Waals surface area (Å²) < 4.78 is 6.18. The second-order valence-electron chi connectivity index (χ2n) is 9.99. The minimum atomic E-state index is -0.926. The summed E-state index contributed by atoms with van der Waals surface area (Å²) in [6.07, 6.45) is 7.92. The highest BCUT2D eigenvalue weighted by Crippen LogP contribution is 2.20. The maximum Gasteiger partial charge on any atom is 0.335 e. The molecule has 0 amide bonds. The highest BCUT2D eigenvalue weighted by molar-refractivity contribution is 5.87. The Morgan fingerprint density at radius 3 is 2.13 bits per heavy atom. The molecular formula is C33H41NO5. The van der Waals surface area contributed by atoms with E-state index in [0.29, 0.717) is 19.6 Å². The van der Waals surface area contributed by atoms with E-state index in [2.05, 4.69) is 41.3 Å². The number of aromatic carboxylic acids is 1. The van der Waals surface area contributed by atoms with Gasteiger partial charge in [0.2, 0.25) is 0 Å². The number of para-hydroxylation sites is 1. The second kappa shape index (κ2) is 17.0. The monoisotopic (exact) mass is 531 g/mol. The molecular weight excluding hydrogens is 490 g/mol. The van der Waals surface area contributed by atoms with Gasteiger partial charge in [-0.15, -0.1) is 0 Å². The standard InChI is InChI=1S/C33H41NO5/c35-32(36)17-7-2-10-23-34(26-28-18-20-30(21-19-28)33(37)38)24-22-29-15-8-9-16-31(29)39-25-11-3-6-14-27-12-4-1-5-13-27/h1,4-5,8-9,12-13,15-16,18-21H,2-3,6-7,10-11,14,17,22-26H2,(H,35,36)(H,37,38). The van der Waals surface area contributed by atoms with Gasteiger partial charge in [-0.3, -0.25) is 9.69 Å². The predicted molar refractivity (Wildman–Crippen MR) is 154 cm³/mol. The first kappa shape index (κ1) is 29.9. The van der Waals surface area contributed by atoms with Gasteiger partial charge in [-0.1, -0.05) is 67.1 Å². The van der Waals surface area contributed by atoms with Crippen molar-refractivity contribution in [2.75, 3.05) is 19.7 Å². The Hall–Kier alpha value is -3.64. The molecule has 0 aliphatic heterocycles. The number of ether oxygens (including phenoxy) is 1. The van der Waals surface area contributed by atoms with Crippen molar-refractivity contribution in [2.24, 2.45) is 0 Å². The normalized spacial score (nSPS) is 11.0. The summed E-state index contributed by atoms with van der Waals surface area (Å²) in [7, 11) is 0. The maximum absolute atomic E-state index is 11.2. The number of aryl methyl sites for hydroxylation is 1. The number of aliphatic carboxylic acids is 1. The lowest BCUT2D eigenvalue weighted by molar-refractivity contribution is -0.137. The summed E-state index contributed by atoms with van der Waals surface area (Å²) in [6.45, 7) is 3.10. The number of nitrogens with zero attached hydrogens (tertiary/aromatic N) is 1. The Kier molecular flexibility index (Phi) is 13.1. The van der Waals surface area contributed by atoms with Crippen LogP contribution in [0.2, 0.25) is 0 Å². The number of rotatable bonds is 19. The van der Waals surface area contributed by atoms with E-state index in [0.717, 1.165) is 69.3 Å². The van der Waals surface area contributed by atoms with Crippen LogP contribution in [0.4, 0.5) is 0 Å². The number of unbranched alkanes of at least 4 members (excludes halogenated alkanes) is 4. The van der Waals surface area contributed by atoms with E-state index in [9.17, 15) is 14.7 Å². The molecule has 3 aromatic rings. The topological polar surface area (TPSA) is 87.1 Å². The Balaban J connectivity index is 1.49. The fourth-order valence-electron chi connectivity index (χ4n) is 4.63. The molecule has 39 heavy (non-hydrogen) atoms. The van der Waals surface area contributed by atoms with E-state index in [-0.39, 0.29) is 12.0 Å². The van der Waals surface area contributed by atoms with Crippen LogP contribution < -0.4 is 4.74 Å². The van der Waals surface area contributed by atoms with E-state index in [4.69, 9.17) is 9.84 Å². The van der Waals surface area contributed by atoms with Crippen LogP contribution in [0.15, 0.2) is 78.9 Å². The van der Waals surface area contributed by atoms with Gasteiger partial charge < -0.3 is 14.9 Å². The third-order valence-electron chi connectivity index (χ3n) is 6.85. The van der Waals surface area contributed by atoms with Crippen molar-refractivity contribution in [3.63, 3.8) is 0 Å². The molecule has 0 atom stereocenters. The van der Waals surface area contributed by atoms with Crippen LogP contribution in [0.25, 0.3) is 0 Å². The fraction of sp³-hybridized carbons (Fsp3) is 0.394. The smallest absolute Gasteiger partial charge is 0.335 e. The van der Waals surface area contributed by atoms with Gasteiger partial charge in [-0.25, -0.2) is 4.79 Å². The lowest BCUT2D eigenvalue weighted by atomic mass is 10.1. The Labute approximate surface area is 232 Å². The minimum absolute atomic E-state index is 0.202. The molecule has 0 aromatic heterocycles. The van der Waals surface area contributed by atoms with E-state index in [1.54, 1.807) is 12.1 Å². The zero-order valence-electron chi connectivity index (χ0n) is 22.8. The van der Waals surface area contributed by atoms with Crippen molar-refractivity contribution in [1.82, 2.24) is 4.90 Å². The average Bonchev–Trinajstić information content (AvgIpc) is 2.94. The second-order valence-corrected chi connectivity index (χ2v) is 9.99. The van der Waals surface area contributed by atoms with Gasteiger partial charge in [-0.05, 0) is 86.4 Å². The summed E-state index contributed by atoms with van der Waals surface area (Å²) in [6, 6.07) is 25.8. The molecule has 0 radical (unpaired) electrons. The zero-order valence-corrected chi connectivity index (χ0v) is 22.8. The summed E-state index contributed by atoms with van der Waals surface area (Å²) in [5, 5.41) is 18.1. The van der Waals surface area contributed by atoms with E-state index >= 15 is 0 Å². The molecule has 6 nitrogen and oxygen atoms in total. The van der Waals surface area contributed by atoms with Crippen molar-refractivity contribution in [1.29, 1.82) is 0 Å². The first-order valence-corrected chi connectivity index (χ1v) is 14.0. The number of carboxylic acid groups (broad SMARTS) is 2. The number of carboxylic acids is 2. The summed E-state index contributed by atoms with van der Waals surface area (Å²) in [4.78, 5) is 24.4. The SMILES string of the molecule is O=C(O)CCCCCN(CCc1ccccc1OCCCCCc1ccccc1)Cc1ccc(C(=O)O)cc1. The Morgan fingerprint density at radius 2 is 1.38 bits per heavy atom. The van der Waals surface area contributed by atoms with Gasteiger partial charge >= 0.3 is 11.9 Å². The highest BCUT2D eigenvalue weighted by atomic mass is 16.5. The van der Waals surface area contributed by atoms with Crippen molar-refractivity contribution in [3.8, 4) is 5.75 Å². The molecule has 0 aliphatic rings. The van der Waals surface area contributed by atoms with Gasteiger partial charge in [0.05, 0.1) is 12.2 Å². The van der Waals surface area contributed by atoms with Crippen LogP contribution in [0.5, 0.6) is 5.75 Å². The quantitative estimate of drug-likeness (QED) is 0.164. The number of hydrogen-bond acceptors (Lipinski definition) is 4. The fourth-order valence-corrected chi connectivity index (χ4v) is 4.63. The molecule has 0 saturated heterocycles. The molecule has 0 saturated carbocycles. The van der Waals surface area contributed by atoms with Crippen molar-refractivity contribution in [2.45, 2.75) is 64.3 Å². The Bertz CT molecular complexity index is 1130. The summed E-state index contributed by atoms with van der Waals surface area (Å²) in [5.41, 5.74) is 3.91. The van der Waals surface area contributed by atoms with Crippen LogP contribution in [0.1, 0.15) is 72.0 Å². The molecule has 0 heterocycles. The molecule has 0 unspecified atom stereocenters. The summed E-state index contributed by atoms with van der Waals surface area (Å²) in [5.74, 6) is -0.740. The lowest BCUT2D eigenvalue weighted by Crippen LogP contribution is -2.27. The molecule has 6 heteroatoms. The molecule has 208 valence electrons.